The highest BCUT2D eigenvalue weighted by atomic mass is 16.4. The summed E-state index contributed by atoms with van der Waals surface area (Å²) >= 11 is 0. The minimum atomic E-state index is -0.809. The van der Waals surface area contributed by atoms with Crippen LogP contribution in [-0.4, -0.2) is 35.1 Å². The standard InChI is InChI=1S/C15H19NO2/c1-3-13(2)16(12-15(17)18)11-7-10-14-8-5-4-6-9-14/h4-6,8-9,13H,3,11-12H2,1-2H3,(H,17,18). The van der Waals surface area contributed by atoms with E-state index in [-0.39, 0.29) is 12.6 Å². The van der Waals surface area contributed by atoms with E-state index in [0.717, 1.165) is 12.0 Å². The summed E-state index contributed by atoms with van der Waals surface area (Å²) in [4.78, 5) is 12.6. The second-order valence-corrected chi connectivity index (χ2v) is 4.22. The van der Waals surface area contributed by atoms with Gasteiger partial charge in [-0.15, -0.1) is 0 Å². The molecule has 0 aliphatic heterocycles. The van der Waals surface area contributed by atoms with Crippen LogP contribution in [0.4, 0.5) is 0 Å². The lowest BCUT2D eigenvalue weighted by molar-refractivity contribution is -0.138. The van der Waals surface area contributed by atoms with Crippen LogP contribution >= 0.6 is 0 Å². The molecule has 0 aromatic heterocycles. The second kappa shape index (κ2) is 7.52. The number of rotatable bonds is 5. The molecule has 1 rings (SSSR count). The highest BCUT2D eigenvalue weighted by molar-refractivity contribution is 5.69. The third-order valence-electron chi connectivity index (χ3n) is 2.84. The highest BCUT2D eigenvalue weighted by Crippen LogP contribution is 2.02. The molecule has 0 saturated carbocycles. The van der Waals surface area contributed by atoms with Crippen molar-refractivity contribution in [2.45, 2.75) is 26.3 Å². The molecule has 0 aliphatic carbocycles. The SMILES string of the molecule is CCC(C)N(CC#Cc1ccccc1)CC(=O)O. The van der Waals surface area contributed by atoms with Crippen LogP contribution in [0.5, 0.6) is 0 Å². The maximum atomic E-state index is 10.8. The molecule has 0 heterocycles. The van der Waals surface area contributed by atoms with E-state index < -0.39 is 5.97 Å². The van der Waals surface area contributed by atoms with E-state index in [2.05, 4.69) is 11.8 Å². The van der Waals surface area contributed by atoms with E-state index in [1.807, 2.05) is 49.1 Å². The molecule has 1 atom stereocenters. The van der Waals surface area contributed by atoms with Gasteiger partial charge in [0.2, 0.25) is 0 Å². The fourth-order valence-electron chi connectivity index (χ4n) is 1.56. The Kier molecular flexibility index (Phi) is 5.96. The van der Waals surface area contributed by atoms with Gasteiger partial charge in [-0.2, -0.15) is 0 Å². The van der Waals surface area contributed by atoms with Crippen LogP contribution in [-0.2, 0) is 4.79 Å². The monoisotopic (exact) mass is 245 g/mol. The molecule has 3 heteroatoms. The van der Waals surface area contributed by atoms with Crippen molar-refractivity contribution in [3.05, 3.63) is 35.9 Å². The van der Waals surface area contributed by atoms with Crippen LogP contribution in [0.3, 0.4) is 0 Å². The Morgan fingerprint density at radius 3 is 2.61 bits per heavy atom. The largest absolute Gasteiger partial charge is 0.480 e. The molecular formula is C15H19NO2. The van der Waals surface area contributed by atoms with E-state index in [9.17, 15) is 4.79 Å². The Labute approximate surface area is 108 Å². The molecule has 18 heavy (non-hydrogen) atoms. The highest BCUT2D eigenvalue weighted by Gasteiger charge is 2.13. The predicted molar refractivity (Wildman–Crippen MR) is 72.3 cm³/mol. The molecule has 0 amide bonds. The number of carboxylic acids is 1. The van der Waals surface area contributed by atoms with Gasteiger partial charge in [0.15, 0.2) is 0 Å². The summed E-state index contributed by atoms with van der Waals surface area (Å²) in [6.07, 6.45) is 0.917. The predicted octanol–water partition coefficient (Wildman–Crippen LogP) is 2.22. The first kappa shape index (κ1) is 14.3. The molecule has 1 aromatic carbocycles. The number of nitrogens with zero attached hydrogens (tertiary/aromatic N) is 1. The van der Waals surface area contributed by atoms with Gasteiger partial charge in [-0.3, -0.25) is 9.69 Å². The van der Waals surface area contributed by atoms with Gasteiger partial charge in [0.1, 0.15) is 0 Å². The van der Waals surface area contributed by atoms with Crippen molar-refractivity contribution in [3.8, 4) is 11.8 Å². The van der Waals surface area contributed by atoms with Crippen LogP contribution in [0.2, 0.25) is 0 Å². The van der Waals surface area contributed by atoms with Crippen molar-refractivity contribution in [1.29, 1.82) is 0 Å². The molecule has 0 bridgehead atoms. The lowest BCUT2D eigenvalue weighted by atomic mass is 10.2. The summed E-state index contributed by atoms with van der Waals surface area (Å²) in [6, 6.07) is 9.93. The zero-order valence-electron chi connectivity index (χ0n) is 10.9. The third-order valence-corrected chi connectivity index (χ3v) is 2.84. The van der Waals surface area contributed by atoms with Crippen LogP contribution in [0.1, 0.15) is 25.8 Å². The van der Waals surface area contributed by atoms with Gasteiger partial charge in [-0.05, 0) is 25.5 Å². The van der Waals surface area contributed by atoms with Gasteiger partial charge < -0.3 is 5.11 Å². The Bertz CT molecular complexity index is 431. The smallest absolute Gasteiger partial charge is 0.317 e. The molecular weight excluding hydrogens is 226 g/mol. The Morgan fingerprint density at radius 2 is 2.06 bits per heavy atom. The minimum absolute atomic E-state index is 0.0402. The van der Waals surface area contributed by atoms with Gasteiger partial charge in [0.25, 0.3) is 0 Å². The summed E-state index contributed by atoms with van der Waals surface area (Å²) in [7, 11) is 0. The number of carboxylic acid groups (broad SMARTS) is 1. The second-order valence-electron chi connectivity index (χ2n) is 4.22. The van der Waals surface area contributed by atoms with Gasteiger partial charge in [-0.25, -0.2) is 0 Å². The number of aliphatic carboxylic acids is 1. The Hall–Kier alpha value is -1.79. The topological polar surface area (TPSA) is 40.5 Å². The van der Waals surface area contributed by atoms with Crippen molar-refractivity contribution >= 4 is 5.97 Å². The first-order valence-electron chi connectivity index (χ1n) is 6.13. The van der Waals surface area contributed by atoms with Gasteiger partial charge in [0.05, 0.1) is 13.1 Å². The van der Waals surface area contributed by atoms with Crippen molar-refractivity contribution in [3.63, 3.8) is 0 Å². The maximum absolute atomic E-state index is 10.8. The molecule has 0 radical (unpaired) electrons. The Morgan fingerprint density at radius 1 is 1.39 bits per heavy atom. The average Bonchev–Trinajstić information content (AvgIpc) is 2.37. The first-order chi connectivity index (χ1) is 8.63. The zero-order valence-corrected chi connectivity index (χ0v) is 10.9. The number of hydrogen-bond acceptors (Lipinski definition) is 2. The normalized spacial score (nSPS) is 11.7. The molecule has 1 unspecified atom stereocenters. The molecule has 3 nitrogen and oxygen atoms in total. The van der Waals surface area contributed by atoms with Gasteiger partial charge >= 0.3 is 5.97 Å². The molecule has 0 fully saturated rings. The molecule has 0 aliphatic rings. The van der Waals surface area contributed by atoms with E-state index >= 15 is 0 Å². The fourth-order valence-corrected chi connectivity index (χ4v) is 1.56. The Balaban J connectivity index is 2.62. The van der Waals surface area contributed by atoms with Crippen LogP contribution < -0.4 is 0 Å². The van der Waals surface area contributed by atoms with Gasteiger partial charge in [0, 0.05) is 11.6 Å². The molecule has 96 valence electrons. The van der Waals surface area contributed by atoms with Crippen molar-refractivity contribution in [1.82, 2.24) is 4.90 Å². The van der Waals surface area contributed by atoms with E-state index in [0.29, 0.717) is 6.54 Å². The quantitative estimate of drug-likeness (QED) is 0.809. The molecule has 1 N–H and O–H groups in total. The van der Waals surface area contributed by atoms with Crippen molar-refractivity contribution < 1.29 is 9.90 Å². The maximum Gasteiger partial charge on any atom is 0.317 e. The third kappa shape index (κ3) is 5.03. The van der Waals surface area contributed by atoms with Crippen molar-refractivity contribution in [2.75, 3.05) is 13.1 Å². The lowest BCUT2D eigenvalue weighted by Gasteiger charge is -2.24. The van der Waals surface area contributed by atoms with Crippen LogP contribution in [0.15, 0.2) is 30.3 Å². The first-order valence-corrected chi connectivity index (χ1v) is 6.13. The minimum Gasteiger partial charge on any atom is -0.480 e. The van der Waals surface area contributed by atoms with Crippen molar-refractivity contribution in [2.24, 2.45) is 0 Å². The van der Waals surface area contributed by atoms with E-state index in [1.54, 1.807) is 0 Å². The summed E-state index contributed by atoms with van der Waals surface area (Å²) in [5.41, 5.74) is 0.955. The lowest BCUT2D eigenvalue weighted by Crippen LogP contribution is -2.37. The molecule has 1 aromatic rings. The number of hydrogen-bond donors (Lipinski definition) is 1. The van der Waals surface area contributed by atoms with E-state index in [4.69, 9.17) is 5.11 Å². The average molecular weight is 245 g/mol. The fraction of sp³-hybridized carbons (Fsp3) is 0.400. The number of carbonyl (C=O) groups is 1. The van der Waals surface area contributed by atoms with E-state index in [1.165, 1.54) is 0 Å². The van der Waals surface area contributed by atoms with Crippen LogP contribution in [0, 0.1) is 11.8 Å². The molecule has 0 spiro atoms. The molecule has 0 saturated heterocycles. The summed E-state index contributed by atoms with van der Waals surface area (Å²) in [5.74, 6) is 5.27. The summed E-state index contributed by atoms with van der Waals surface area (Å²) in [5, 5.41) is 8.85. The number of benzene rings is 1. The van der Waals surface area contributed by atoms with Gasteiger partial charge in [-0.1, -0.05) is 37.0 Å². The van der Waals surface area contributed by atoms with Crippen LogP contribution in [0.25, 0.3) is 0 Å². The summed E-state index contributed by atoms with van der Waals surface area (Å²) in [6.45, 7) is 4.59. The summed E-state index contributed by atoms with van der Waals surface area (Å²) < 4.78 is 0. The zero-order chi connectivity index (χ0) is 13.4.